The maximum atomic E-state index is 13.0. The summed E-state index contributed by atoms with van der Waals surface area (Å²) in [5.74, 6) is -4.23. The zero-order valence-corrected chi connectivity index (χ0v) is 19.8. The summed E-state index contributed by atoms with van der Waals surface area (Å²) in [7, 11) is 1.48. The van der Waals surface area contributed by atoms with Gasteiger partial charge in [-0.25, -0.2) is 9.69 Å². The lowest BCUT2D eigenvalue weighted by molar-refractivity contribution is -0.164. The fourth-order valence-corrected chi connectivity index (χ4v) is 3.59. The summed E-state index contributed by atoms with van der Waals surface area (Å²) >= 11 is 0. The molecule has 0 saturated carbocycles. The molecule has 0 radical (unpaired) electrons. The van der Waals surface area contributed by atoms with Crippen LogP contribution in [0.4, 0.5) is 4.79 Å². The van der Waals surface area contributed by atoms with Gasteiger partial charge in [-0.05, 0) is 52.3 Å². The van der Waals surface area contributed by atoms with Crippen LogP contribution in [0, 0.1) is 5.92 Å². The van der Waals surface area contributed by atoms with Crippen molar-refractivity contribution in [1.29, 1.82) is 0 Å². The van der Waals surface area contributed by atoms with Crippen LogP contribution >= 0.6 is 0 Å². The van der Waals surface area contributed by atoms with Crippen molar-refractivity contribution >= 4 is 23.9 Å². The third-order valence-electron chi connectivity index (χ3n) is 4.85. The number of hydrogen-bond acceptors (Lipinski definition) is 8. The minimum Gasteiger partial charge on any atom is -0.497 e. The number of methoxy groups -OCH3 is 1. The van der Waals surface area contributed by atoms with Gasteiger partial charge in [0.1, 0.15) is 11.4 Å². The van der Waals surface area contributed by atoms with E-state index < -0.39 is 47.4 Å². The Balaban J connectivity index is 2.65. The highest BCUT2D eigenvalue weighted by molar-refractivity contribution is 6.02. The number of amides is 2. The number of imide groups is 1. The van der Waals surface area contributed by atoms with Crippen molar-refractivity contribution in [2.24, 2.45) is 5.92 Å². The second kappa shape index (κ2) is 11.0. The van der Waals surface area contributed by atoms with Crippen LogP contribution < -0.4 is 4.74 Å². The predicted octanol–water partition coefficient (Wildman–Crippen LogP) is 3.22. The van der Waals surface area contributed by atoms with Crippen LogP contribution in [-0.4, -0.2) is 60.8 Å². The number of ether oxygens (including phenoxy) is 4. The molecule has 2 amide bonds. The van der Waals surface area contributed by atoms with Crippen LogP contribution in [0.1, 0.15) is 46.1 Å². The molecule has 9 heteroatoms. The Bertz CT molecular complexity index is 899. The monoisotopic (exact) mass is 461 g/mol. The van der Waals surface area contributed by atoms with E-state index >= 15 is 0 Å². The lowest BCUT2D eigenvalue weighted by atomic mass is 9.80. The average molecular weight is 462 g/mol. The average Bonchev–Trinajstić information content (AvgIpc) is 3.11. The van der Waals surface area contributed by atoms with Crippen molar-refractivity contribution in [2.45, 2.75) is 52.2 Å². The second-order valence-corrected chi connectivity index (χ2v) is 8.32. The Hall–Kier alpha value is -3.36. The highest BCUT2D eigenvalue weighted by atomic mass is 16.6. The molecule has 0 fully saturated rings. The summed E-state index contributed by atoms with van der Waals surface area (Å²) in [6.45, 7) is 8.33. The second-order valence-electron chi connectivity index (χ2n) is 8.32. The van der Waals surface area contributed by atoms with Gasteiger partial charge < -0.3 is 18.9 Å². The van der Waals surface area contributed by atoms with Crippen molar-refractivity contribution in [2.75, 3.05) is 20.3 Å². The van der Waals surface area contributed by atoms with Crippen LogP contribution in [0.25, 0.3) is 0 Å². The van der Waals surface area contributed by atoms with E-state index in [0.29, 0.717) is 11.3 Å². The van der Waals surface area contributed by atoms with Crippen LogP contribution in [0.5, 0.6) is 5.75 Å². The van der Waals surface area contributed by atoms with Gasteiger partial charge in [-0.1, -0.05) is 18.2 Å². The quantitative estimate of drug-likeness (QED) is 0.330. The molecule has 0 aliphatic carbocycles. The Labute approximate surface area is 193 Å². The molecular formula is C24H31NO8. The molecule has 1 aliphatic rings. The number of rotatable bonds is 8. The predicted molar refractivity (Wildman–Crippen MR) is 118 cm³/mol. The maximum absolute atomic E-state index is 13.0. The molecule has 1 aliphatic heterocycles. The fourth-order valence-electron chi connectivity index (χ4n) is 3.59. The molecule has 2 rings (SSSR count). The van der Waals surface area contributed by atoms with E-state index in [0.717, 1.165) is 4.90 Å². The summed E-state index contributed by atoms with van der Waals surface area (Å²) in [6.07, 6.45) is 1.80. The third kappa shape index (κ3) is 6.34. The SMILES string of the molecule is CCOC(=O)C(C(=O)OCC)[C@@H](c1cccc(OC)c1)[C@H]1C=CC(=O)N1C(=O)OC(C)(C)C. The van der Waals surface area contributed by atoms with Crippen molar-refractivity contribution in [3.8, 4) is 5.75 Å². The van der Waals surface area contributed by atoms with Crippen molar-refractivity contribution in [3.63, 3.8) is 0 Å². The highest BCUT2D eigenvalue weighted by Gasteiger charge is 2.48. The Kier molecular flexibility index (Phi) is 8.62. The largest absolute Gasteiger partial charge is 0.497 e. The van der Waals surface area contributed by atoms with Gasteiger partial charge in [0, 0.05) is 12.0 Å². The van der Waals surface area contributed by atoms with Gasteiger partial charge in [0.2, 0.25) is 0 Å². The number of benzene rings is 1. The fraction of sp³-hybridized carbons (Fsp3) is 0.500. The number of carbonyl (C=O) groups excluding carboxylic acids is 4. The first-order chi connectivity index (χ1) is 15.5. The Morgan fingerprint density at radius 3 is 2.18 bits per heavy atom. The molecule has 1 aromatic rings. The molecule has 1 aromatic carbocycles. The molecule has 0 unspecified atom stereocenters. The smallest absolute Gasteiger partial charge is 0.417 e. The van der Waals surface area contributed by atoms with Crippen molar-refractivity contribution in [1.82, 2.24) is 4.90 Å². The number of esters is 2. The summed E-state index contributed by atoms with van der Waals surface area (Å²) in [5, 5.41) is 0. The molecule has 2 atom stereocenters. The van der Waals surface area contributed by atoms with Gasteiger partial charge >= 0.3 is 18.0 Å². The third-order valence-corrected chi connectivity index (χ3v) is 4.85. The molecule has 1 heterocycles. The van der Waals surface area contributed by atoms with Crippen molar-refractivity contribution < 1.29 is 38.1 Å². The van der Waals surface area contributed by atoms with E-state index in [4.69, 9.17) is 18.9 Å². The van der Waals surface area contributed by atoms with Crippen LogP contribution in [0.15, 0.2) is 36.4 Å². The summed E-state index contributed by atoms with van der Waals surface area (Å²) in [4.78, 5) is 52.5. The van der Waals surface area contributed by atoms with Gasteiger partial charge in [0.25, 0.3) is 5.91 Å². The highest BCUT2D eigenvalue weighted by Crippen LogP contribution is 2.38. The van der Waals surface area contributed by atoms with Gasteiger partial charge in [-0.2, -0.15) is 0 Å². The molecule has 33 heavy (non-hydrogen) atoms. The van der Waals surface area contributed by atoms with Crippen LogP contribution in [0.3, 0.4) is 0 Å². The maximum Gasteiger partial charge on any atom is 0.417 e. The molecular weight excluding hydrogens is 430 g/mol. The van der Waals surface area contributed by atoms with Gasteiger partial charge in [0.15, 0.2) is 5.92 Å². The van der Waals surface area contributed by atoms with Gasteiger partial charge in [-0.3, -0.25) is 14.4 Å². The molecule has 0 aromatic heterocycles. The first kappa shape index (κ1) is 25.9. The summed E-state index contributed by atoms with van der Waals surface area (Å²) in [5.41, 5.74) is -0.379. The lowest BCUT2D eigenvalue weighted by Gasteiger charge is -2.34. The molecule has 0 spiro atoms. The molecule has 0 N–H and O–H groups in total. The summed E-state index contributed by atoms with van der Waals surface area (Å²) in [6, 6.07) is 5.71. The standard InChI is InChI=1S/C24H31NO8/c1-7-31-21(27)20(22(28)32-8-2)19(15-10-9-11-16(14-15)30-6)17-12-13-18(26)25(17)23(29)33-24(3,4)5/h9-14,17,19-20H,7-8H2,1-6H3/t17-,19+/m1/s1. The zero-order chi connectivity index (χ0) is 24.8. The van der Waals surface area contributed by atoms with Crippen LogP contribution in [-0.2, 0) is 28.6 Å². The van der Waals surface area contributed by atoms with Gasteiger partial charge in [-0.15, -0.1) is 0 Å². The van der Waals surface area contributed by atoms with E-state index in [9.17, 15) is 19.2 Å². The van der Waals surface area contributed by atoms with Crippen molar-refractivity contribution in [3.05, 3.63) is 42.0 Å². The van der Waals surface area contributed by atoms with Crippen LogP contribution in [0.2, 0.25) is 0 Å². The Morgan fingerprint density at radius 2 is 1.67 bits per heavy atom. The van der Waals surface area contributed by atoms with E-state index in [1.807, 2.05) is 0 Å². The van der Waals surface area contributed by atoms with E-state index in [-0.39, 0.29) is 13.2 Å². The molecule has 0 bridgehead atoms. The van der Waals surface area contributed by atoms with E-state index in [1.165, 1.54) is 19.3 Å². The molecule has 9 nitrogen and oxygen atoms in total. The molecule has 180 valence electrons. The molecule has 0 saturated heterocycles. The van der Waals surface area contributed by atoms with E-state index in [1.54, 1.807) is 58.9 Å². The normalized spacial score (nSPS) is 16.5. The van der Waals surface area contributed by atoms with Gasteiger partial charge in [0.05, 0.1) is 26.4 Å². The summed E-state index contributed by atoms with van der Waals surface area (Å²) < 4.78 is 21.1. The number of carbonyl (C=O) groups is 4. The Morgan fingerprint density at radius 1 is 1.06 bits per heavy atom. The number of hydrogen-bond donors (Lipinski definition) is 0. The van der Waals surface area contributed by atoms with E-state index in [2.05, 4.69) is 0 Å². The number of nitrogens with zero attached hydrogens (tertiary/aromatic N) is 1. The zero-order valence-electron chi connectivity index (χ0n) is 19.8. The lowest BCUT2D eigenvalue weighted by Crippen LogP contribution is -2.49. The topological polar surface area (TPSA) is 108 Å². The minimum absolute atomic E-state index is 0.0365. The first-order valence-electron chi connectivity index (χ1n) is 10.8. The first-order valence-corrected chi connectivity index (χ1v) is 10.8. The minimum atomic E-state index is -1.44.